The Bertz CT molecular complexity index is 432. The number of aliphatic carboxylic acids is 1. The summed E-state index contributed by atoms with van der Waals surface area (Å²) in [5.74, 6) is -2.55. The molecule has 0 aliphatic carbocycles. The number of carboxylic acid groups (broad SMARTS) is 1. The topological polar surface area (TPSA) is 46.5 Å². The molecule has 0 aliphatic heterocycles. The van der Waals surface area contributed by atoms with Crippen LogP contribution in [0.3, 0.4) is 0 Å². The van der Waals surface area contributed by atoms with Gasteiger partial charge in [-0.3, -0.25) is 4.79 Å². The fraction of sp³-hybridized carbons (Fsp3) is 0.364. The number of methoxy groups -OCH3 is 1. The third-order valence-electron chi connectivity index (χ3n) is 2.41. The van der Waals surface area contributed by atoms with Crippen molar-refractivity contribution in [3.63, 3.8) is 0 Å². The van der Waals surface area contributed by atoms with Crippen molar-refractivity contribution < 1.29 is 19.0 Å². The van der Waals surface area contributed by atoms with E-state index >= 15 is 0 Å². The van der Waals surface area contributed by atoms with E-state index in [0.29, 0.717) is 4.47 Å². The molecule has 0 aliphatic rings. The van der Waals surface area contributed by atoms with Crippen LogP contribution in [0, 0.1) is 12.7 Å². The monoisotopic (exact) mass is 290 g/mol. The lowest BCUT2D eigenvalue weighted by molar-refractivity contribution is -0.138. The van der Waals surface area contributed by atoms with Crippen molar-refractivity contribution in [2.24, 2.45) is 0 Å². The van der Waals surface area contributed by atoms with E-state index in [1.54, 1.807) is 6.92 Å². The smallest absolute Gasteiger partial charge is 0.310 e. The molecule has 0 saturated heterocycles. The molecule has 0 heterocycles. The first-order valence-electron chi connectivity index (χ1n) is 4.65. The maximum Gasteiger partial charge on any atom is 0.310 e. The third-order valence-corrected chi connectivity index (χ3v) is 3.40. The number of halogens is 2. The third kappa shape index (κ3) is 2.19. The molecule has 0 aromatic heterocycles. The first-order chi connectivity index (χ1) is 7.40. The molecule has 0 bridgehead atoms. The second-order valence-electron chi connectivity index (χ2n) is 3.50. The molecule has 5 heteroatoms. The molecule has 1 aromatic rings. The van der Waals surface area contributed by atoms with Crippen molar-refractivity contribution in [3.8, 4) is 5.75 Å². The average Bonchev–Trinajstić information content (AvgIpc) is 2.23. The second-order valence-corrected chi connectivity index (χ2v) is 4.30. The van der Waals surface area contributed by atoms with Gasteiger partial charge in [0.25, 0.3) is 0 Å². The summed E-state index contributed by atoms with van der Waals surface area (Å²) in [6.45, 7) is 3.19. The quantitative estimate of drug-likeness (QED) is 0.930. The number of benzene rings is 1. The maximum absolute atomic E-state index is 13.9. The van der Waals surface area contributed by atoms with Crippen molar-refractivity contribution in [1.29, 1.82) is 0 Å². The summed E-state index contributed by atoms with van der Waals surface area (Å²) in [7, 11) is 1.35. The van der Waals surface area contributed by atoms with Crippen LogP contribution in [0.2, 0.25) is 0 Å². The van der Waals surface area contributed by atoms with E-state index in [1.165, 1.54) is 20.1 Å². The molecule has 1 N–H and O–H groups in total. The minimum absolute atomic E-state index is 0.0445. The van der Waals surface area contributed by atoms with E-state index in [4.69, 9.17) is 9.84 Å². The standard InChI is InChI=1S/C11H12BrFO3/c1-5-4-7(6(2)11(14)15)9(13)10(16-3)8(5)12/h4,6H,1-3H3,(H,14,15). The summed E-state index contributed by atoms with van der Waals surface area (Å²) in [6, 6.07) is 1.51. The van der Waals surface area contributed by atoms with E-state index in [2.05, 4.69) is 15.9 Å². The summed E-state index contributed by atoms with van der Waals surface area (Å²) in [5.41, 5.74) is 0.867. The SMILES string of the molecule is COc1c(F)c(C(C)C(=O)O)cc(C)c1Br. The van der Waals surface area contributed by atoms with Crippen molar-refractivity contribution in [2.45, 2.75) is 19.8 Å². The van der Waals surface area contributed by atoms with Crippen LogP contribution in [0.4, 0.5) is 4.39 Å². The molecule has 88 valence electrons. The Kier molecular flexibility index (Phi) is 3.91. The van der Waals surface area contributed by atoms with Gasteiger partial charge in [0, 0.05) is 5.56 Å². The number of carbonyl (C=O) groups is 1. The van der Waals surface area contributed by atoms with Gasteiger partial charge in [0.2, 0.25) is 0 Å². The molecule has 16 heavy (non-hydrogen) atoms. The van der Waals surface area contributed by atoms with Gasteiger partial charge >= 0.3 is 5.97 Å². The molecule has 0 radical (unpaired) electrons. The maximum atomic E-state index is 13.9. The zero-order valence-electron chi connectivity index (χ0n) is 9.17. The number of rotatable bonds is 3. The molecule has 1 rings (SSSR count). The summed E-state index contributed by atoms with van der Waals surface area (Å²) in [4.78, 5) is 10.8. The zero-order chi connectivity index (χ0) is 12.5. The van der Waals surface area contributed by atoms with Gasteiger partial charge in [0.1, 0.15) is 0 Å². The lowest BCUT2D eigenvalue weighted by Crippen LogP contribution is -2.10. The van der Waals surface area contributed by atoms with Gasteiger partial charge < -0.3 is 9.84 Å². The molecular formula is C11H12BrFO3. The first-order valence-corrected chi connectivity index (χ1v) is 5.44. The Hall–Kier alpha value is -1.10. The van der Waals surface area contributed by atoms with Crippen LogP contribution in [-0.4, -0.2) is 18.2 Å². The van der Waals surface area contributed by atoms with Gasteiger partial charge in [-0.2, -0.15) is 0 Å². The molecule has 0 saturated carbocycles. The predicted molar refractivity (Wildman–Crippen MR) is 61.4 cm³/mol. The van der Waals surface area contributed by atoms with Crippen LogP contribution < -0.4 is 4.74 Å². The van der Waals surface area contributed by atoms with Gasteiger partial charge in [-0.1, -0.05) is 6.07 Å². The van der Waals surface area contributed by atoms with E-state index in [9.17, 15) is 9.18 Å². The molecule has 0 amide bonds. The average molecular weight is 291 g/mol. The highest BCUT2D eigenvalue weighted by Crippen LogP contribution is 2.36. The van der Waals surface area contributed by atoms with E-state index in [1.807, 2.05) is 0 Å². The van der Waals surface area contributed by atoms with E-state index < -0.39 is 17.7 Å². The van der Waals surface area contributed by atoms with Crippen LogP contribution in [-0.2, 0) is 4.79 Å². The number of hydrogen-bond acceptors (Lipinski definition) is 2. The normalized spacial score (nSPS) is 12.3. The van der Waals surface area contributed by atoms with Crippen molar-refractivity contribution in [3.05, 3.63) is 27.5 Å². The molecule has 1 aromatic carbocycles. The van der Waals surface area contributed by atoms with Crippen LogP contribution >= 0.6 is 15.9 Å². The van der Waals surface area contributed by atoms with E-state index in [0.717, 1.165) is 5.56 Å². The van der Waals surface area contributed by atoms with Crippen LogP contribution in [0.15, 0.2) is 10.5 Å². The largest absolute Gasteiger partial charge is 0.492 e. The van der Waals surface area contributed by atoms with Crippen LogP contribution in [0.5, 0.6) is 5.75 Å². The van der Waals surface area contributed by atoms with Gasteiger partial charge in [0.15, 0.2) is 11.6 Å². The van der Waals surface area contributed by atoms with Crippen molar-refractivity contribution in [2.75, 3.05) is 7.11 Å². The first kappa shape index (κ1) is 13.0. The Labute approximate surface area is 101 Å². The molecular weight excluding hydrogens is 279 g/mol. The summed E-state index contributed by atoms with van der Waals surface area (Å²) in [5, 5.41) is 8.86. The lowest BCUT2D eigenvalue weighted by Gasteiger charge is -2.14. The van der Waals surface area contributed by atoms with Gasteiger partial charge in [0.05, 0.1) is 17.5 Å². The minimum atomic E-state index is -1.07. The molecule has 0 spiro atoms. The highest BCUT2D eigenvalue weighted by atomic mass is 79.9. The number of ether oxygens (including phenoxy) is 1. The van der Waals surface area contributed by atoms with Crippen LogP contribution in [0.25, 0.3) is 0 Å². The molecule has 0 fully saturated rings. The minimum Gasteiger partial charge on any atom is -0.492 e. The summed E-state index contributed by atoms with van der Waals surface area (Å²) in [6.07, 6.45) is 0. The highest BCUT2D eigenvalue weighted by molar-refractivity contribution is 9.10. The van der Waals surface area contributed by atoms with Gasteiger partial charge in [-0.15, -0.1) is 0 Å². The Balaban J connectivity index is 3.42. The Morgan fingerprint density at radius 2 is 2.19 bits per heavy atom. The Morgan fingerprint density at radius 3 is 2.62 bits per heavy atom. The summed E-state index contributed by atoms with van der Waals surface area (Å²) < 4.78 is 19.3. The fourth-order valence-corrected chi connectivity index (χ4v) is 1.84. The lowest BCUT2D eigenvalue weighted by atomic mass is 9.98. The molecule has 3 nitrogen and oxygen atoms in total. The highest BCUT2D eigenvalue weighted by Gasteiger charge is 2.23. The zero-order valence-corrected chi connectivity index (χ0v) is 10.8. The second kappa shape index (κ2) is 4.82. The van der Waals surface area contributed by atoms with Crippen LogP contribution in [0.1, 0.15) is 24.0 Å². The Morgan fingerprint density at radius 1 is 1.62 bits per heavy atom. The predicted octanol–water partition coefficient (Wildman–Crippen LogP) is 3.09. The summed E-state index contributed by atoms with van der Waals surface area (Å²) >= 11 is 3.20. The van der Waals surface area contributed by atoms with Gasteiger partial charge in [-0.25, -0.2) is 4.39 Å². The molecule has 1 atom stereocenters. The molecule has 1 unspecified atom stereocenters. The van der Waals surface area contributed by atoms with Gasteiger partial charge in [-0.05, 0) is 35.3 Å². The van der Waals surface area contributed by atoms with E-state index in [-0.39, 0.29) is 11.3 Å². The number of carboxylic acids is 1. The number of aryl methyl sites for hydroxylation is 1. The fourth-order valence-electron chi connectivity index (χ4n) is 1.39. The van der Waals surface area contributed by atoms with Crippen molar-refractivity contribution in [1.82, 2.24) is 0 Å². The number of hydrogen-bond donors (Lipinski definition) is 1. The van der Waals surface area contributed by atoms with Crippen molar-refractivity contribution >= 4 is 21.9 Å².